The fourth-order valence-corrected chi connectivity index (χ4v) is 4.19. The van der Waals surface area contributed by atoms with Crippen molar-refractivity contribution in [2.24, 2.45) is 0 Å². The van der Waals surface area contributed by atoms with E-state index >= 15 is 0 Å². The molecule has 2 aromatic heterocycles. The highest BCUT2D eigenvalue weighted by Crippen LogP contribution is 2.34. The lowest BCUT2D eigenvalue weighted by Crippen LogP contribution is -2.48. The van der Waals surface area contributed by atoms with Gasteiger partial charge in [-0.15, -0.1) is 0 Å². The summed E-state index contributed by atoms with van der Waals surface area (Å²) in [6.45, 7) is 3.73. The van der Waals surface area contributed by atoms with Gasteiger partial charge in [-0.1, -0.05) is 12.1 Å². The van der Waals surface area contributed by atoms with Crippen LogP contribution in [0.1, 0.15) is 41.7 Å². The molecular weight excluding hydrogens is 378 g/mol. The van der Waals surface area contributed by atoms with Crippen LogP contribution in [0.2, 0.25) is 0 Å². The number of oxazole rings is 1. The molecule has 5 rings (SSSR count). The Hall–Kier alpha value is -3.22. The molecule has 154 valence electrons. The predicted octanol–water partition coefficient (Wildman–Crippen LogP) is 3.71. The summed E-state index contributed by atoms with van der Waals surface area (Å²) in [6, 6.07) is 8.30. The van der Waals surface area contributed by atoms with Crippen molar-refractivity contribution in [2.75, 3.05) is 18.0 Å². The average molecular weight is 403 g/mol. The number of amides is 1. The Kier molecular flexibility index (Phi) is 4.94. The van der Waals surface area contributed by atoms with E-state index in [0.29, 0.717) is 11.8 Å². The topological polar surface area (TPSA) is 75.4 Å². The lowest BCUT2D eigenvalue weighted by molar-refractivity contribution is 0.0630. The van der Waals surface area contributed by atoms with Crippen molar-refractivity contribution >= 4 is 11.7 Å². The molecule has 0 unspecified atom stereocenters. The molecule has 0 bridgehead atoms. The summed E-state index contributed by atoms with van der Waals surface area (Å²) in [5, 5.41) is 0. The second-order valence-electron chi connectivity index (χ2n) is 8.12. The van der Waals surface area contributed by atoms with Gasteiger partial charge in [0.2, 0.25) is 0 Å². The number of aromatic nitrogens is 3. The van der Waals surface area contributed by atoms with Crippen LogP contribution in [0.3, 0.4) is 0 Å². The van der Waals surface area contributed by atoms with Gasteiger partial charge in [-0.2, -0.15) is 0 Å². The van der Waals surface area contributed by atoms with Gasteiger partial charge in [0.05, 0.1) is 24.3 Å². The zero-order valence-electron chi connectivity index (χ0n) is 17.1. The van der Waals surface area contributed by atoms with E-state index in [2.05, 4.69) is 24.8 Å². The summed E-state index contributed by atoms with van der Waals surface area (Å²) in [5.74, 6) is 1.76. The maximum absolute atomic E-state index is 13.4. The molecule has 7 nitrogen and oxygen atoms in total. The highest BCUT2D eigenvalue weighted by atomic mass is 16.3. The van der Waals surface area contributed by atoms with Crippen molar-refractivity contribution in [1.29, 1.82) is 0 Å². The number of aryl methyl sites for hydroxylation is 1. The number of hydrogen-bond donors (Lipinski definition) is 0. The Balaban J connectivity index is 1.28. The molecule has 0 N–H and O–H groups in total. The molecular formula is C23H25N5O2. The second-order valence-corrected chi connectivity index (χ2v) is 8.12. The second kappa shape index (κ2) is 7.89. The van der Waals surface area contributed by atoms with E-state index in [-0.39, 0.29) is 11.9 Å². The molecule has 0 atom stereocenters. The standard InChI is InChI=1S/C23H25N5O2/c1-16-12-26-22(14-25-16)27-10-8-20(9-11-27)28(19-6-7-19)23(29)18-4-2-17(3-5-18)21-13-24-15-30-21/h2-5,12-15,19-20H,6-11H2,1H3. The van der Waals surface area contributed by atoms with Gasteiger partial charge in [-0.3, -0.25) is 9.78 Å². The lowest BCUT2D eigenvalue weighted by Gasteiger charge is -2.39. The number of benzene rings is 1. The molecule has 2 aliphatic rings. The predicted molar refractivity (Wildman–Crippen MR) is 113 cm³/mol. The average Bonchev–Trinajstić information content (AvgIpc) is 3.46. The maximum atomic E-state index is 13.4. The highest BCUT2D eigenvalue weighted by molar-refractivity contribution is 5.95. The van der Waals surface area contributed by atoms with Crippen molar-refractivity contribution in [3.63, 3.8) is 0 Å². The molecule has 1 aliphatic carbocycles. The van der Waals surface area contributed by atoms with Crippen molar-refractivity contribution in [1.82, 2.24) is 19.9 Å². The van der Waals surface area contributed by atoms with Crippen molar-refractivity contribution in [3.05, 3.63) is 60.5 Å². The van der Waals surface area contributed by atoms with Gasteiger partial charge in [0.1, 0.15) is 5.82 Å². The minimum atomic E-state index is 0.134. The fraction of sp³-hybridized carbons (Fsp3) is 0.391. The molecule has 2 fully saturated rings. The first-order valence-electron chi connectivity index (χ1n) is 10.5. The summed E-state index contributed by atoms with van der Waals surface area (Å²) in [7, 11) is 0. The van der Waals surface area contributed by atoms with E-state index in [1.165, 1.54) is 6.39 Å². The first-order chi connectivity index (χ1) is 14.7. The Morgan fingerprint density at radius 3 is 2.33 bits per heavy atom. The summed E-state index contributed by atoms with van der Waals surface area (Å²) in [4.78, 5) is 30.6. The van der Waals surface area contributed by atoms with Gasteiger partial charge >= 0.3 is 0 Å². The van der Waals surface area contributed by atoms with Gasteiger partial charge < -0.3 is 14.2 Å². The molecule has 7 heteroatoms. The first kappa shape index (κ1) is 18.8. The van der Waals surface area contributed by atoms with Gasteiger partial charge in [-0.05, 0) is 44.7 Å². The third-order valence-electron chi connectivity index (χ3n) is 5.97. The van der Waals surface area contributed by atoms with Crippen LogP contribution in [-0.2, 0) is 0 Å². The van der Waals surface area contributed by atoms with Crippen molar-refractivity contribution in [3.8, 4) is 11.3 Å². The number of rotatable bonds is 5. The summed E-state index contributed by atoms with van der Waals surface area (Å²) in [6.07, 6.45) is 10.9. The summed E-state index contributed by atoms with van der Waals surface area (Å²) in [5.41, 5.74) is 2.58. The van der Waals surface area contributed by atoms with E-state index in [0.717, 1.165) is 61.4 Å². The molecule has 1 aromatic carbocycles. The molecule has 1 saturated heterocycles. The first-order valence-corrected chi connectivity index (χ1v) is 10.5. The third kappa shape index (κ3) is 3.79. The van der Waals surface area contributed by atoms with Crippen molar-refractivity contribution in [2.45, 2.75) is 44.7 Å². The van der Waals surface area contributed by atoms with Gasteiger partial charge in [0.15, 0.2) is 12.2 Å². The Bertz CT molecular complexity index is 989. The lowest BCUT2D eigenvalue weighted by atomic mass is 10.0. The summed E-state index contributed by atoms with van der Waals surface area (Å²) >= 11 is 0. The molecule has 3 aromatic rings. The van der Waals surface area contributed by atoms with Crippen LogP contribution in [0.4, 0.5) is 5.82 Å². The zero-order chi connectivity index (χ0) is 20.5. The normalized spacial score (nSPS) is 17.2. The van der Waals surface area contributed by atoms with Crippen LogP contribution in [0.5, 0.6) is 0 Å². The van der Waals surface area contributed by atoms with Gasteiger partial charge in [-0.25, -0.2) is 9.97 Å². The van der Waals surface area contributed by atoms with E-state index in [4.69, 9.17) is 4.42 Å². The molecule has 30 heavy (non-hydrogen) atoms. The van der Waals surface area contributed by atoms with E-state index in [1.54, 1.807) is 6.20 Å². The number of hydrogen-bond acceptors (Lipinski definition) is 6. The van der Waals surface area contributed by atoms with Crippen LogP contribution in [0.25, 0.3) is 11.3 Å². The largest absolute Gasteiger partial charge is 0.444 e. The van der Waals surface area contributed by atoms with E-state index in [9.17, 15) is 4.79 Å². The third-order valence-corrected chi connectivity index (χ3v) is 5.97. The number of anilines is 1. The van der Waals surface area contributed by atoms with Crippen LogP contribution < -0.4 is 4.90 Å². The molecule has 1 aliphatic heterocycles. The zero-order valence-corrected chi connectivity index (χ0v) is 17.1. The number of nitrogens with zero attached hydrogens (tertiary/aromatic N) is 5. The van der Waals surface area contributed by atoms with Crippen LogP contribution in [0.15, 0.2) is 53.7 Å². The monoisotopic (exact) mass is 403 g/mol. The fourth-order valence-electron chi connectivity index (χ4n) is 4.19. The SMILES string of the molecule is Cc1cnc(N2CCC(N(C(=O)c3ccc(-c4cnco4)cc3)C3CC3)CC2)cn1. The number of piperidine rings is 1. The van der Waals surface area contributed by atoms with Crippen LogP contribution >= 0.6 is 0 Å². The Labute approximate surface area is 175 Å². The van der Waals surface area contributed by atoms with E-state index < -0.39 is 0 Å². The van der Waals surface area contributed by atoms with Gasteiger partial charge in [0, 0.05) is 36.3 Å². The van der Waals surface area contributed by atoms with Crippen LogP contribution in [0, 0.1) is 6.92 Å². The number of carbonyl (C=O) groups excluding carboxylic acids is 1. The maximum Gasteiger partial charge on any atom is 0.254 e. The van der Waals surface area contributed by atoms with Gasteiger partial charge in [0.25, 0.3) is 5.91 Å². The quantitative estimate of drug-likeness (QED) is 0.646. The smallest absolute Gasteiger partial charge is 0.254 e. The number of carbonyl (C=O) groups is 1. The van der Waals surface area contributed by atoms with Crippen LogP contribution in [-0.4, -0.2) is 50.9 Å². The van der Waals surface area contributed by atoms with E-state index in [1.807, 2.05) is 43.6 Å². The molecule has 1 saturated carbocycles. The molecule has 0 radical (unpaired) electrons. The highest BCUT2D eigenvalue weighted by Gasteiger charge is 2.39. The molecule has 3 heterocycles. The minimum absolute atomic E-state index is 0.134. The minimum Gasteiger partial charge on any atom is -0.444 e. The molecule has 1 amide bonds. The Morgan fingerprint density at radius 2 is 1.73 bits per heavy atom. The molecule has 0 spiro atoms. The summed E-state index contributed by atoms with van der Waals surface area (Å²) < 4.78 is 5.34. The Morgan fingerprint density at radius 1 is 1.00 bits per heavy atom. The van der Waals surface area contributed by atoms with Crippen molar-refractivity contribution < 1.29 is 9.21 Å².